The van der Waals surface area contributed by atoms with Gasteiger partial charge < -0.3 is 5.32 Å². The monoisotopic (exact) mass is 308 g/mol. The number of fused-ring (bicyclic) bond motifs is 1. The Hall–Kier alpha value is -2.69. The third kappa shape index (κ3) is 2.95. The number of aromatic nitrogens is 3. The highest BCUT2D eigenvalue weighted by atomic mass is 16.1. The van der Waals surface area contributed by atoms with Crippen molar-refractivity contribution in [2.45, 2.75) is 33.7 Å². The Morgan fingerprint density at radius 3 is 2.70 bits per heavy atom. The summed E-state index contributed by atoms with van der Waals surface area (Å²) in [6.45, 7) is 7.96. The molecule has 1 N–H and O–H groups in total. The number of anilines is 1. The summed E-state index contributed by atoms with van der Waals surface area (Å²) in [5.41, 5.74) is 3.97. The number of nitrogens with zero attached hydrogens (tertiary/aromatic N) is 3. The average molecular weight is 308 g/mol. The van der Waals surface area contributed by atoms with Gasteiger partial charge in [-0.1, -0.05) is 12.1 Å². The molecule has 2 aromatic heterocycles. The predicted octanol–water partition coefficient (Wildman–Crippen LogP) is 3.88. The Morgan fingerprint density at radius 1 is 1.22 bits per heavy atom. The number of amides is 1. The molecule has 0 aliphatic carbocycles. The number of pyridine rings is 1. The largest absolute Gasteiger partial charge is 0.322 e. The first-order valence-electron chi connectivity index (χ1n) is 7.68. The highest BCUT2D eigenvalue weighted by Gasteiger charge is 2.15. The molecule has 3 aromatic rings. The van der Waals surface area contributed by atoms with Gasteiger partial charge in [0.05, 0.1) is 17.5 Å². The van der Waals surface area contributed by atoms with Crippen LogP contribution in [0.15, 0.2) is 36.5 Å². The van der Waals surface area contributed by atoms with Gasteiger partial charge in [-0.3, -0.25) is 4.79 Å². The van der Waals surface area contributed by atoms with Crippen LogP contribution in [0.2, 0.25) is 0 Å². The number of hydrogen-bond acceptors (Lipinski definition) is 3. The Kier molecular flexibility index (Phi) is 3.86. The van der Waals surface area contributed by atoms with Gasteiger partial charge in [-0.2, -0.15) is 5.10 Å². The van der Waals surface area contributed by atoms with Gasteiger partial charge in [0.25, 0.3) is 5.91 Å². The van der Waals surface area contributed by atoms with Crippen LogP contribution in [0.25, 0.3) is 11.0 Å². The van der Waals surface area contributed by atoms with Gasteiger partial charge in [-0.05, 0) is 51.5 Å². The standard InChI is InChI=1S/C18H20N4O/c1-11(2)22-17-14(10-19-22)9-16(13(4)20-17)18(23)21-15-7-5-6-12(3)8-15/h5-11H,1-4H3,(H,21,23). The zero-order valence-electron chi connectivity index (χ0n) is 13.8. The molecule has 0 saturated heterocycles. The normalized spacial score (nSPS) is 11.2. The zero-order valence-corrected chi connectivity index (χ0v) is 13.8. The van der Waals surface area contributed by atoms with Crippen LogP contribution in [0.4, 0.5) is 5.69 Å². The summed E-state index contributed by atoms with van der Waals surface area (Å²) in [5.74, 6) is -0.153. The fourth-order valence-electron chi connectivity index (χ4n) is 2.59. The zero-order chi connectivity index (χ0) is 16.6. The van der Waals surface area contributed by atoms with Gasteiger partial charge >= 0.3 is 0 Å². The molecule has 0 unspecified atom stereocenters. The van der Waals surface area contributed by atoms with Gasteiger partial charge in [0.15, 0.2) is 5.65 Å². The highest BCUT2D eigenvalue weighted by Crippen LogP contribution is 2.20. The second-order valence-electron chi connectivity index (χ2n) is 6.04. The Bertz CT molecular complexity index is 880. The smallest absolute Gasteiger partial charge is 0.257 e. The SMILES string of the molecule is Cc1cccc(NC(=O)c2cc3cnn(C(C)C)c3nc2C)c1. The third-order valence-electron chi connectivity index (χ3n) is 3.77. The van der Waals surface area contributed by atoms with Crippen molar-refractivity contribution in [1.29, 1.82) is 0 Å². The van der Waals surface area contributed by atoms with E-state index < -0.39 is 0 Å². The quantitative estimate of drug-likeness (QED) is 0.798. The summed E-state index contributed by atoms with van der Waals surface area (Å²) >= 11 is 0. The van der Waals surface area contributed by atoms with Crippen molar-refractivity contribution in [1.82, 2.24) is 14.8 Å². The fourth-order valence-corrected chi connectivity index (χ4v) is 2.59. The minimum absolute atomic E-state index is 0.153. The lowest BCUT2D eigenvalue weighted by Crippen LogP contribution is -2.14. The maximum absolute atomic E-state index is 12.6. The summed E-state index contributed by atoms with van der Waals surface area (Å²) in [6.07, 6.45) is 1.76. The number of carbonyl (C=O) groups excluding carboxylic acids is 1. The van der Waals surface area contributed by atoms with Crippen LogP contribution < -0.4 is 5.32 Å². The number of carbonyl (C=O) groups is 1. The van der Waals surface area contributed by atoms with Gasteiger partial charge in [0, 0.05) is 17.1 Å². The molecule has 1 aromatic carbocycles. The van der Waals surface area contributed by atoms with E-state index in [1.54, 1.807) is 6.20 Å². The van der Waals surface area contributed by atoms with Crippen LogP contribution in [0.3, 0.4) is 0 Å². The molecular weight excluding hydrogens is 288 g/mol. The molecule has 0 aliphatic rings. The van der Waals surface area contributed by atoms with Crippen molar-refractivity contribution in [2.24, 2.45) is 0 Å². The summed E-state index contributed by atoms with van der Waals surface area (Å²) in [6, 6.07) is 9.82. The van der Waals surface area contributed by atoms with Gasteiger partial charge in [-0.15, -0.1) is 0 Å². The summed E-state index contributed by atoms with van der Waals surface area (Å²) in [5, 5.41) is 8.16. The van der Waals surface area contributed by atoms with E-state index in [1.165, 1.54) is 0 Å². The highest BCUT2D eigenvalue weighted by molar-refractivity contribution is 6.06. The second-order valence-corrected chi connectivity index (χ2v) is 6.04. The summed E-state index contributed by atoms with van der Waals surface area (Å²) < 4.78 is 1.87. The molecule has 2 heterocycles. The first-order chi connectivity index (χ1) is 11.0. The van der Waals surface area contributed by atoms with Gasteiger partial charge in [0.1, 0.15) is 0 Å². The van der Waals surface area contributed by atoms with Crippen LogP contribution in [0.1, 0.15) is 41.5 Å². The van der Waals surface area contributed by atoms with Gasteiger partial charge in [0.2, 0.25) is 0 Å². The minimum Gasteiger partial charge on any atom is -0.322 e. The average Bonchev–Trinajstić information content (AvgIpc) is 2.89. The lowest BCUT2D eigenvalue weighted by Gasteiger charge is -2.10. The Balaban J connectivity index is 1.96. The van der Waals surface area contributed by atoms with E-state index in [-0.39, 0.29) is 11.9 Å². The van der Waals surface area contributed by atoms with E-state index in [2.05, 4.69) is 29.2 Å². The number of hydrogen-bond donors (Lipinski definition) is 1. The molecule has 118 valence electrons. The molecule has 5 heteroatoms. The lowest BCUT2D eigenvalue weighted by atomic mass is 10.1. The Morgan fingerprint density at radius 2 is 2.00 bits per heavy atom. The van der Waals surface area contributed by atoms with E-state index in [0.717, 1.165) is 22.3 Å². The van der Waals surface area contributed by atoms with Crippen LogP contribution >= 0.6 is 0 Å². The van der Waals surface area contributed by atoms with Crippen LogP contribution in [-0.4, -0.2) is 20.7 Å². The molecule has 0 atom stereocenters. The molecule has 0 spiro atoms. The number of nitrogens with one attached hydrogen (secondary N) is 1. The molecule has 0 bridgehead atoms. The summed E-state index contributed by atoms with van der Waals surface area (Å²) in [4.78, 5) is 17.1. The van der Waals surface area contributed by atoms with Crippen LogP contribution in [0, 0.1) is 13.8 Å². The molecule has 0 fully saturated rings. The predicted molar refractivity (Wildman–Crippen MR) is 91.8 cm³/mol. The molecule has 0 saturated carbocycles. The molecule has 0 aliphatic heterocycles. The van der Waals surface area contributed by atoms with Crippen LogP contribution in [-0.2, 0) is 0 Å². The maximum Gasteiger partial charge on any atom is 0.257 e. The number of rotatable bonds is 3. The molecule has 0 radical (unpaired) electrons. The van der Waals surface area contributed by atoms with E-state index in [0.29, 0.717) is 11.3 Å². The van der Waals surface area contributed by atoms with Crippen molar-refractivity contribution in [2.75, 3.05) is 5.32 Å². The molecule has 1 amide bonds. The van der Waals surface area contributed by atoms with E-state index in [4.69, 9.17) is 0 Å². The number of benzene rings is 1. The second kappa shape index (κ2) is 5.83. The Labute approximate surface area is 135 Å². The fraction of sp³-hybridized carbons (Fsp3) is 0.278. The van der Waals surface area contributed by atoms with E-state index in [1.807, 2.05) is 48.9 Å². The number of aryl methyl sites for hydroxylation is 2. The molecular formula is C18H20N4O. The molecule has 3 rings (SSSR count). The van der Waals surface area contributed by atoms with E-state index in [9.17, 15) is 4.79 Å². The van der Waals surface area contributed by atoms with Crippen LogP contribution in [0.5, 0.6) is 0 Å². The van der Waals surface area contributed by atoms with Crippen molar-refractivity contribution < 1.29 is 4.79 Å². The maximum atomic E-state index is 12.6. The minimum atomic E-state index is -0.153. The van der Waals surface area contributed by atoms with Crippen molar-refractivity contribution in [3.63, 3.8) is 0 Å². The van der Waals surface area contributed by atoms with Gasteiger partial charge in [-0.25, -0.2) is 9.67 Å². The van der Waals surface area contributed by atoms with Crippen molar-refractivity contribution in [3.05, 3.63) is 53.3 Å². The third-order valence-corrected chi connectivity index (χ3v) is 3.77. The first-order valence-corrected chi connectivity index (χ1v) is 7.68. The van der Waals surface area contributed by atoms with Crippen molar-refractivity contribution in [3.8, 4) is 0 Å². The molecule has 5 nitrogen and oxygen atoms in total. The van der Waals surface area contributed by atoms with E-state index >= 15 is 0 Å². The molecule has 23 heavy (non-hydrogen) atoms. The summed E-state index contributed by atoms with van der Waals surface area (Å²) in [7, 11) is 0. The first kappa shape index (κ1) is 15.2. The lowest BCUT2D eigenvalue weighted by molar-refractivity contribution is 0.102. The topological polar surface area (TPSA) is 59.8 Å². The van der Waals surface area contributed by atoms with Crippen molar-refractivity contribution >= 4 is 22.6 Å².